The average molecular weight is 333 g/mol. The summed E-state index contributed by atoms with van der Waals surface area (Å²) in [7, 11) is -3.68. The van der Waals surface area contributed by atoms with Crippen molar-refractivity contribution in [1.29, 1.82) is 0 Å². The van der Waals surface area contributed by atoms with Crippen molar-refractivity contribution < 1.29 is 18.3 Å². The molecule has 0 saturated heterocycles. The highest BCUT2D eigenvalue weighted by atomic mass is 32.2. The van der Waals surface area contributed by atoms with Crippen LogP contribution in [0.2, 0.25) is 0 Å². The van der Waals surface area contributed by atoms with E-state index in [1.165, 1.54) is 23.4 Å². The molecule has 1 aromatic heterocycles. The summed E-state index contributed by atoms with van der Waals surface area (Å²) in [5.74, 6) is 0. The Hall–Kier alpha value is -2.61. The van der Waals surface area contributed by atoms with E-state index in [0.29, 0.717) is 25.2 Å². The Labute approximate surface area is 133 Å². The van der Waals surface area contributed by atoms with Crippen LogP contribution in [0.3, 0.4) is 0 Å². The first-order chi connectivity index (χ1) is 11.0. The zero-order valence-corrected chi connectivity index (χ0v) is 13.0. The zero-order valence-electron chi connectivity index (χ0n) is 12.1. The summed E-state index contributed by atoms with van der Waals surface area (Å²) >= 11 is 0. The minimum Gasteiger partial charge on any atom is -0.465 e. The smallest absolute Gasteiger partial charge is 0.407 e. The molecule has 0 atom stereocenters. The van der Waals surface area contributed by atoms with Gasteiger partial charge >= 0.3 is 6.09 Å². The van der Waals surface area contributed by atoms with Crippen molar-refractivity contribution in [1.82, 2.24) is 9.88 Å². The fourth-order valence-corrected chi connectivity index (χ4v) is 3.51. The molecule has 8 heteroatoms. The summed E-state index contributed by atoms with van der Waals surface area (Å²) in [6, 6.07) is 8.17. The van der Waals surface area contributed by atoms with Gasteiger partial charge in [0.15, 0.2) is 0 Å². The zero-order chi connectivity index (χ0) is 16.4. The molecule has 0 unspecified atom stereocenters. The minimum absolute atomic E-state index is 0.0924. The molecule has 2 aromatic rings. The van der Waals surface area contributed by atoms with Gasteiger partial charge in [0.25, 0.3) is 10.0 Å². The Kier molecular flexibility index (Phi) is 3.91. The maximum absolute atomic E-state index is 12.3. The van der Waals surface area contributed by atoms with E-state index < -0.39 is 16.1 Å². The van der Waals surface area contributed by atoms with Gasteiger partial charge in [-0.15, -0.1) is 0 Å². The van der Waals surface area contributed by atoms with E-state index >= 15 is 0 Å². The van der Waals surface area contributed by atoms with Gasteiger partial charge in [-0.05, 0) is 41.8 Å². The average Bonchev–Trinajstić information content (AvgIpc) is 2.54. The first-order valence-electron chi connectivity index (χ1n) is 6.98. The molecule has 120 valence electrons. The van der Waals surface area contributed by atoms with Crippen LogP contribution in [0.1, 0.15) is 11.1 Å². The molecule has 3 rings (SSSR count). The molecule has 0 spiro atoms. The monoisotopic (exact) mass is 333 g/mol. The van der Waals surface area contributed by atoms with Crippen LogP contribution in [0.4, 0.5) is 10.5 Å². The molecule has 0 radical (unpaired) electrons. The number of nitrogens with one attached hydrogen (secondary N) is 1. The Balaban J connectivity index is 1.82. The standard InChI is InChI=1S/C15H15N3O4S/c19-15(20)18-7-5-11-8-13(4-3-12(11)10-18)17-23(21,22)14-2-1-6-16-9-14/h1-4,6,8-9,17H,5,7,10H2,(H,19,20). The van der Waals surface area contributed by atoms with Crippen molar-refractivity contribution in [3.05, 3.63) is 53.9 Å². The van der Waals surface area contributed by atoms with Crippen LogP contribution in [0, 0.1) is 0 Å². The van der Waals surface area contributed by atoms with Crippen molar-refractivity contribution in [3.63, 3.8) is 0 Å². The predicted octanol–water partition coefficient (Wildman–Crippen LogP) is 1.92. The van der Waals surface area contributed by atoms with Gasteiger partial charge in [-0.2, -0.15) is 0 Å². The molecule has 23 heavy (non-hydrogen) atoms. The quantitative estimate of drug-likeness (QED) is 0.894. The molecule has 0 fully saturated rings. The van der Waals surface area contributed by atoms with E-state index in [-0.39, 0.29) is 4.90 Å². The lowest BCUT2D eigenvalue weighted by molar-refractivity contribution is 0.140. The topological polar surface area (TPSA) is 99.6 Å². The van der Waals surface area contributed by atoms with Gasteiger partial charge in [-0.25, -0.2) is 13.2 Å². The Bertz CT molecular complexity index is 837. The Morgan fingerprint density at radius 1 is 1.26 bits per heavy atom. The second-order valence-electron chi connectivity index (χ2n) is 5.23. The lowest BCUT2D eigenvalue weighted by Gasteiger charge is -2.26. The molecular weight excluding hydrogens is 318 g/mol. The van der Waals surface area contributed by atoms with Crippen molar-refractivity contribution in [3.8, 4) is 0 Å². The van der Waals surface area contributed by atoms with Crippen molar-refractivity contribution in [2.75, 3.05) is 11.3 Å². The molecule has 1 aromatic carbocycles. The molecule has 0 bridgehead atoms. The summed E-state index contributed by atoms with van der Waals surface area (Å²) < 4.78 is 27.1. The molecule has 2 heterocycles. The van der Waals surface area contributed by atoms with E-state index in [2.05, 4.69) is 9.71 Å². The van der Waals surface area contributed by atoms with E-state index in [4.69, 9.17) is 5.11 Å². The molecule has 1 aliphatic heterocycles. The fourth-order valence-electron chi connectivity index (χ4n) is 2.50. The van der Waals surface area contributed by atoms with Gasteiger partial charge in [0.1, 0.15) is 4.90 Å². The van der Waals surface area contributed by atoms with Crippen LogP contribution in [0.25, 0.3) is 0 Å². The second kappa shape index (κ2) is 5.88. The highest BCUT2D eigenvalue weighted by molar-refractivity contribution is 7.92. The van der Waals surface area contributed by atoms with Gasteiger partial charge in [-0.3, -0.25) is 9.71 Å². The van der Waals surface area contributed by atoms with Crippen LogP contribution < -0.4 is 4.72 Å². The molecule has 1 amide bonds. The molecule has 7 nitrogen and oxygen atoms in total. The molecule has 0 saturated carbocycles. The molecule has 1 aliphatic rings. The predicted molar refractivity (Wildman–Crippen MR) is 83.6 cm³/mol. The first-order valence-corrected chi connectivity index (χ1v) is 8.46. The van der Waals surface area contributed by atoms with Crippen molar-refractivity contribution in [2.45, 2.75) is 17.9 Å². The Morgan fingerprint density at radius 2 is 2.09 bits per heavy atom. The number of anilines is 1. The lowest BCUT2D eigenvalue weighted by atomic mass is 9.99. The van der Waals surface area contributed by atoms with Gasteiger partial charge in [0.05, 0.1) is 0 Å². The number of rotatable bonds is 3. The number of hydrogen-bond acceptors (Lipinski definition) is 4. The SMILES string of the molecule is O=C(O)N1CCc2cc(NS(=O)(=O)c3cccnc3)ccc2C1. The maximum atomic E-state index is 12.3. The molecule has 0 aliphatic carbocycles. The van der Waals surface area contributed by atoms with E-state index in [1.54, 1.807) is 24.3 Å². The summed E-state index contributed by atoms with van der Waals surface area (Å²) in [5.41, 5.74) is 2.30. The number of nitrogens with zero attached hydrogens (tertiary/aromatic N) is 2. The third-order valence-corrected chi connectivity index (χ3v) is 5.05. The maximum Gasteiger partial charge on any atom is 0.407 e. The Morgan fingerprint density at radius 3 is 2.78 bits per heavy atom. The normalized spacial score (nSPS) is 14.2. The number of hydrogen-bond donors (Lipinski definition) is 2. The highest BCUT2D eigenvalue weighted by Gasteiger charge is 2.21. The second-order valence-corrected chi connectivity index (χ2v) is 6.91. The third kappa shape index (κ3) is 3.26. The van der Waals surface area contributed by atoms with Gasteiger partial charge in [0, 0.05) is 31.2 Å². The summed E-state index contributed by atoms with van der Waals surface area (Å²) in [6.07, 6.45) is 2.40. The van der Waals surface area contributed by atoms with Crippen LogP contribution in [0.15, 0.2) is 47.6 Å². The van der Waals surface area contributed by atoms with Crippen LogP contribution in [-0.2, 0) is 23.0 Å². The van der Waals surface area contributed by atoms with E-state index in [9.17, 15) is 13.2 Å². The van der Waals surface area contributed by atoms with Crippen LogP contribution in [-0.4, -0.2) is 36.0 Å². The van der Waals surface area contributed by atoms with Gasteiger partial charge in [0.2, 0.25) is 0 Å². The molecule has 2 N–H and O–H groups in total. The molecular formula is C15H15N3O4S. The summed E-state index contributed by atoms with van der Waals surface area (Å²) in [4.78, 5) is 16.2. The van der Waals surface area contributed by atoms with Crippen molar-refractivity contribution in [2.24, 2.45) is 0 Å². The van der Waals surface area contributed by atoms with Crippen molar-refractivity contribution >= 4 is 21.8 Å². The number of sulfonamides is 1. The van der Waals surface area contributed by atoms with E-state index in [1.807, 2.05) is 0 Å². The number of fused-ring (bicyclic) bond motifs is 1. The van der Waals surface area contributed by atoms with E-state index in [0.717, 1.165) is 11.1 Å². The summed E-state index contributed by atoms with van der Waals surface area (Å²) in [6.45, 7) is 0.724. The third-order valence-electron chi connectivity index (χ3n) is 3.69. The first kappa shape index (κ1) is 15.3. The number of carboxylic acid groups (broad SMARTS) is 1. The number of aromatic nitrogens is 1. The number of pyridine rings is 1. The van der Waals surface area contributed by atoms with Crippen LogP contribution >= 0.6 is 0 Å². The largest absolute Gasteiger partial charge is 0.465 e. The highest BCUT2D eigenvalue weighted by Crippen LogP contribution is 2.24. The fraction of sp³-hybridized carbons (Fsp3) is 0.200. The number of benzene rings is 1. The van der Waals surface area contributed by atoms with Gasteiger partial charge < -0.3 is 10.0 Å². The minimum atomic E-state index is -3.68. The number of amides is 1. The number of carbonyl (C=O) groups is 1. The lowest BCUT2D eigenvalue weighted by Crippen LogP contribution is -2.34. The van der Waals surface area contributed by atoms with Gasteiger partial charge in [-0.1, -0.05) is 6.07 Å². The summed E-state index contributed by atoms with van der Waals surface area (Å²) in [5, 5.41) is 9.03. The van der Waals surface area contributed by atoms with Crippen LogP contribution in [0.5, 0.6) is 0 Å².